The number of aryl methyl sites for hydroxylation is 1. The van der Waals surface area contributed by atoms with Crippen LogP contribution >= 0.6 is 11.3 Å². The third kappa shape index (κ3) is 1.85. The molecule has 0 saturated heterocycles. The minimum absolute atomic E-state index is 0.433. The fourth-order valence-electron chi connectivity index (χ4n) is 1.92. The summed E-state index contributed by atoms with van der Waals surface area (Å²) in [5.74, 6) is 0. The summed E-state index contributed by atoms with van der Waals surface area (Å²) in [4.78, 5) is 3.89. The molecule has 3 heteroatoms. The van der Waals surface area contributed by atoms with Crippen LogP contribution in [-0.4, -0.2) is 24.5 Å². The van der Waals surface area contributed by atoms with Gasteiger partial charge in [-0.25, -0.2) is 0 Å². The number of nitrogens with two attached hydrogens (primary N) is 1. The molecule has 1 aliphatic carbocycles. The van der Waals surface area contributed by atoms with Crippen LogP contribution in [0, 0.1) is 6.92 Å². The molecular weight excluding hydrogens is 192 g/mol. The first kappa shape index (κ1) is 10.1. The molecule has 0 aliphatic heterocycles. The van der Waals surface area contributed by atoms with Gasteiger partial charge in [-0.1, -0.05) is 0 Å². The van der Waals surface area contributed by atoms with Crippen molar-refractivity contribution in [3.63, 3.8) is 0 Å². The van der Waals surface area contributed by atoms with Crippen LogP contribution in [0.2, 0.25) is 0 Å². The first-order valence-corrected chi connectivity index (χ1v) is 6.08. The molecule has 1 aliphatic rings. The van der Waals surface area contributed by atoms with Gasteiger partial charge in [-0.15, -0.1) is 11.3 Å². The van der Waals surface area contributed by atoms with Crippen LogP contribution in [0.25, 0.3) is 0 Å². The van der Waals surface area contributed by atoms with Crippen molar-refractivity contribution < 1.29 is 0 Å². The van der Waals surface area contributed by atoms with Gasteiger partial charge < -0.3 is 5.73 Å². The maximum Gasteiger partial charge on any atom is 0.0566 e. The zero-order chi connectivity index (χ0) is 10.1. The molecule has 2 N–H and O–H groups in total. The van der Waals surface area contributed by atoms with Crippen LogP contribution in [0.5, 0.6) is 0 Å². The average Bonchev–Trinajstić information content (AvgIpc) is 2.94. The van der Waals surface area contributed by atoms with Gasteiger partial charge in [0.05, 0.1) is 6.04 Å². The standard InChI is InChI=1S/C11H18N2S/c1-8-5-6-14-11(8)10(7-12)13(2)9-3-4-9/h5-6,9-10H,3-4,7,12H2,1-2H3. The second-order valence-electron chi connectivity index (χ2n) is 4.12. The highest BCUT2D eigenvalue weighted by atomic mass is 32.1. The Hall–Kier alpha value is -0.380. The minimum Gasteiger partial charge on any atom is -0.329 e. The van der Waals surface area contributed by atoms with Crippen molar-refractivity contribution in [2.45, 2.75) is 31.8 Å². The van der Waals surface area contributed by atoms with Crippen LogP contribution in [0.3, 0.4) is 0 Å². The van der Waals surface area contributed by atoms with Crippen LogP contribution < -0.4 is 5.73 Å². The Morgan fingerprint density at radius 1 is 1.64 bits per heavy atom. The number of nitrogens with zero attached hydrogens (tertiary/aromatic N) is 1. The molecule has 1 heterocycles. The van der Waals surface area contributed by atoms with E-state index in [1.54, 1.807) is 0 Å². The summed E-state index contributed by atoms with van der Waals surface area (Å²) >= 11 is 1.83. The first-order chi connectivity index (χ1) is 6.74. The Labute approximate surface area is 89.7 Å². The normalized spacial score (nSPS) is 18.9. The fourth-order valence-corrected chi connectivity index (χ4v) is 3.01. The molecule has 0 aromatic carbocycles. The van der Waals surface area contributed by atoms with Crippen molar-refractivity contribution in [1.82, 2.24) is 4.90 Å². The van der Waals surface area contributed by atoms with Crippen molar-refractivity contribution in [3.05, 3.63) is 21.9 Å². The second kappa shape index (κ2) is 4.01. The molecule has 1 unspecified atom stereocenters. The molecule has 1 saturated carbocycles. The molecule has 2 rings (SSSR count). The van der Waals surface area contributed by atoms with E-state index in [2.05, 4.69) is 30.3 Å². The summed E-state index contributed by atoms with van der Waals surface area (Å²) in [5, 5.41) is 2.16. The van der Waals surface area contributed by atoms with Crippen molar-refractivity contribution in [1.29, 1.82) is 0 Å². The second-order valence-corrected chi connectivity index (χ2v) is 5.06. The SMILES string of the molecule is Cc1ccsc1C(CN)N(C)C1CC1. The van der Waals surface area contributed by atoms with E-state index in [4.69, 9.17) is 5.73 Å². The highest BCUT2D eigenvalue weighted by Gasteiger charge is 2.31. The predicted octanol–water partition coefficient (Wildman–Crippen LogP) is 2.15. The van der Waals surface area contributed by atoms with Gasteiger partial charge in [0.15, 0.2) is 0 Å². The summed E-state index contributed by atoms with van der Waals surface area (Å²) in [6, 6.07) is 3.40. The molecule has 78 valence electrons. The smallest absolute Gasteiger partial charge is 0.0566 e. The van der Waals surface area contributed by atoms with Gasteiger partial charge in [0, 0.05) is 17.5 Å². The lowest BCUT2D eigenvalue weighted by atomic mass is 10.1. The number of hydrogen-bond donors (Lipinski definition) is 1. The van der Waals surface area contributed by atoms with E-state index in [0.29, 0.717) is 6.04 Å². The van der Waals surface area contributed by atoms with Crippen molar-refractivity contribution in [3.8, 4) is 0 Å². The maximum atomic E-state index is 5.86. The zero-order valence-electron chi connectivity index (χ0n) is 8.86. The number of thiophene rings is 1. The lowest BCUT2D eigenvalue weighted by Gasteiger charge is -2.26. The van der Waals surface area contributed by atoms with E-state index >= 15 is 0 Å². The molecule has 1 atom stereocenters. The Morgan fingerprint density at radius 2 is 2.36 bits per heavy atom. The highest BCUT2D eigenvalue weighted by Crippen LogP contribution is 2.35. The van der Waals surface area contributed by atoms with Gasteiger partial charge in [-0.3, -0.25) is 4.90 Å². The molecule has 0 bridgehead atoms. The van der Waals surface area contributed by atoms with Gasteiger partial charge in [-0.2, -0.15) is 0 Å². The highest BCUT2D eigenvalue weighted by molar-refractivity contribution is 7.10. The largest absolute Gasteiger partial charge is 0.329 e. The summed E-state index contributed by atoms with van der Waals surface area (Å²) in [7, 11) is 2.20. The van der Waals surface area contributed by atoms with E-state index < -0.39 is 0 Å². The quantitative estimate of drug-likeness (QED) is 0.825. The predicted molar refractivity (Wildman–Crippen MR) is 61.6 cm³/mol. The molecule has 0 amide bonds. The molecule has 1 fully saturated rings. The molecular formula is C11H18N2S. The molecule has 0 radical (unpaired) electrons. The van der Waals surface area contributed by atoms with Gasteiger partial charge in [0.2, 0.25) is 0 Å². The maximum absolute atomic E-state index is 5.86. The van der Waals surface area contributed by atoms with Crippen molar-refractivity contribution in [2.24, 2.45) is 5.73 Å². The average molecular weight is 210 g/mol. The van der Waals surface area contributed by atoms with Crippen molar-refractivity contribution in [2.75, 3.05) is 13.6 Å². The summed E-state index contributed by atoms with van der Waals surface area (Å²) in [6.45, 7) is 2.91. The Morgan fingerprint density at radius 3 is 2.79 bits per heavy atom. The fraction of sp³-hybridized carbons (Fsp3) is 0.636. The van der Waals surface area contributed by atoms with E-state index in [0.717, 1.165) is 12.6 Å². The van der Waals surface area contributed by atoms with E-state index in [9.17, 15) is 0 Å². The molecule has 0 spiro atoms. The van der Waals surface area contributed by atoms with Gasteiger partial charge in [-0.05, 0) is 43.8 Å². The summed E-state index contributed by atoms with van der Waals surface area (Å²) < 4.78 is 0. The first-order valence-electron chi connectivity index (χ1n) is 5.20. The molecule has 2 nitrogen and oxygen atoms in total. The molecule has 1 aromatic rings. The van der Waals surface area contributed by atoms with Crippen LogP contribution in [0.4, 0.5) is 0 Å². The number of likely N-dealkylation sites (N-methyl/N-ethyl adjacent to an activating group) is 1. The topological polar surface area (TPSA) is 29.3 Å². The van der Waals surface area contributed by atoms with Gasteiger partial charge in [0.25, 0.3) is 0 Å². The third-order valence-corrected chi connectivity index (χ3v) is 4.16. The van der Waals surface area contributed by atoms with Crippen LogP contribution in [0.15, 0.2) is 11.4 Å². The summed E-state index contributed by atoms with van der Waals surface area (Å²) in [6.07, 6.45) is 2.69. The van der Waals surface area contributed by atoms with Crippen LogP contribution in [0.1, 0.15) is 29.3 Å². The van der Waals surface area contributed by atoms with E-state index in [-0.39, 0.29) is 0 Å². The number of hydrogen-bond acceptors (Lipinski definition) is 3. The minimum atomic E-state index is 0.433. The zero-order valence-corrected chi connectivity index (χ0v) is 9.68. The number of rotatable bonds is 4. The Balaban J connectivity index is 2.16. The molecule has 14 heavy (non-hydrogen) atoms. The lowest BCUT2D eigenvalue weighted by Crippen LogP contribution is -2.31. The van der Waals surface area contributed by atoms with Crippen molar-refractivity contribution >= 4 is 11.3 Å². The Kier molecular flexibility index (Phi) is 2.91. The monoisotopic (exact) mass is 210 g/mol. The third-order valence-electron chi connectivity index (χ3n) is 3.04. The van der Waals surface area contributed by atoms with E-state index in [1.165, 1.54) is 23.3 Å². The lowest BCUT2D eigenvalue weighted by molar-refractivity contribution is 0.243. The van der Waals surface area contributed by atoms with Gasteiger partial charge in [0.1, 0.15) is 0 Å². The van der Waals surface area contributed by atoms with E-state index in [1.807, 2.05) is 11.3 Å². The van der Waals surface area contributed by atoms with Crippen LogP contribution in [-0.2, 0) is 0 Å². The molecule has 1 aromatic heterocycles. The summed E-state index contributed by atoms with van der Waals surface area (Å²) in [5.41, 5.74) is 7.25. The Bertz CT molecular complexity index is 304. The van der Waals surface area contributed by atoms with Gasteiger partial charge >= 0.3 is 0 Å².